The summed E-state index contributed by atoms with van der Waals surface area (Å²) in [7, 11) is 4.01. The maximum Gasteiger partial charge on any atom is 0.138 e. The molecule has 0 aliphatic carbocycles. The van der Waals surface area contributed by atoms with Crippen molar-refractivity contribution in [2.45, 2.75) is 34.9 Å². The van der Waals surface area contributed by atoms with Crippen LogP contribution in [0.2, 0.25) is 0 Å². The van der Waals surface area contributed by atoms with Crippen molar-refractivity contribution >= 4 is 59.4 Å². The molecule has 0 bridgehead atoms. The molecule has 4 rings (SSSR count). The van der Waals surface area contributed by atoms with Gasteiger partial charge in [-0.05, 0) is 38.1 Å². The molecule has 1 aromatic heterocycles. The largest absolute Gasteiger partial charge is 0.385 e. The van der Waals surface area contributed by atoms with E-state index >= 15 is 0 Å². The van der Waals surface area contributed by atoms with E-state index in [1.54, 1.807) is 7.11 Å². The Kier molecular flexibility index (Phi) is 9.32. The SMILES string of the molecule is CCc1cc2c(s1)Sc1ccccc1N=C2N1CCN(C)[C@@H](CCOC)C1.Cl.Cl. The molecule has 0 radical (unpaired) electrons. The smallest absolute Gasteiger partial charge is 0.138 e. The van der Waals surface area contributed by atoms with Gasteiger partial charge < -0.3 is 9.64 Å². The molecule has 4 nitrogen and oxygen atoms in total. The van der Waals surface area contributed by atoms with Gasteiger partial charge in [-0.15, -0.1) is 36.2 Å². The molecule has 160 valence electrons. The molecule has 1 atom stereocenters. The number of aryl methyl sites for hydroxylation is 1. The summed E-state index contributed by atoms with van der Waals surface area (Å²) in [6.07, 6.45) is 2.13. The van der Waals surface area contributed by atoms with E-state index < -0.39 is 0 Å². The minimum Gasteiger partial charge on any atom is -0.385 e. The Balaban J connectivity index is 0.00000150. The Morgan fingerprint density at radius 3 is 2.76 bits per heavy atom. The first-order valence-corrected chi connectivity index (χ1v) is 11.3. The number of amidine groups is 1. The fourth-order valence-electron chi connectivity index (χ4n) is 3.68. The van der Waals surface area contributed by atoms with Crippen LogP contribution in [-0.4, -0.2) is 62.1 Å². The number of hydrogen-bond acceptors (Lipinski definition) is 6. The molecule has 29 heavy (non-hydrogen) atoms. The van der Waals surface area contributed by atoms with Crippen LogP contribution in [0.5, 0.6) is 0 Å². The summed E-state index contributed by atoms with van der Waals surface area (Å²) in [6.45, 7) is 6.11. The van der Waals surface area contributed by atoms with Gasteiger partial charge in [-0.3, -0.25) is 4.90 Å². The van der Waals surface area contributed by atoms with Gasteiger partial charge in [0.2, 0.25) is 0 Å². The summed E-state index contributed by atoms with van der Waals surface area (Å²) < 4.78 is 6.71. The molecule has 0 amide bonds. The van der Waals surface area contributed by atoms with Gasteiger partial charge in [0.15, 0.2) is 0 Å². The number of likely N-dealkylation sites (N-methyl/N-ethyl adjacent to an activating group) is 1. The van der Waals surface area contributed by atoms with Crippen LogP contribution in [0.3, 0.4) is 0 Å². The third-order valence-corrected chi connectivity index (χ3v) is 7.91. The van der Waals surface area contributed by atoms with Gasteiger partial charge in [-0.25, -0.2) is 4.99 Å². The topological polar surface area (TPSA) is 28.1 Å². The molecule has 0 unspecified atom stereocenters. The van der Waals surface area contributed by atoms with Crippen molar-refractivity contribution in [1.29, 1.82) is 0 Å². The summed E-state index contributed by atoms with van der Waals surface area (Å²) in [4.78, 5) is 12.8. The lowest BCUT2D eigenvalue weighted by Gasteiger charge is -2.41. The second-order valence-corrected chi connectivity index (χ2v) is 9.58. The summed E-state index contributed by atoms with van der Waals surface area (Å²) in [5.41, 5.74) is 2.40. The van der Waals surface area contributed by atoms with Crippen LogP contribution in [0.15, 0.2) is 44.4 Å². The van der Waals surface area contributed by atoms with E-state index in [9.17, 15) is 0 Å². The minimum atomic E-state index is 0. The number of aliphatic imine (C=N–C) groups is 1. The van der Waals surface area contributed by atoms with Crippen LogP contribution in [0.4, 0.5) is 5.69 Å². The molecule has 0 saturated carbocycles. The second kappa shape index (κ2) is 11.0. The number of thiophene rings is 1. The maximum absolute atomic E-state index is 5.34. The van der Waals surface area contributed by atoms with Crippen molar-refractivity contribution in [2.24, 2.45) is 4.99 Å². The molecular weight excluding hydrogens is 445 g/mol. The second-order valence-electron chi connectivity index (χ2n) is 7.13. The Morgan fingerprint density at radius 1 is 1.21 bits per heavy atom. The number of nitrogens with zero attached hydrogens (tertiary/aromatic N) is 3. The molecular formula is C21H29Cl2N3OS2. The van der Waals surface area contributed by atoms with Crippen molar-refractivity contribution in [1.82, 2.24) is 9.80 Å². The lowest BCUT2D eigenvalue weighted by atomic mass is 10.1. The van der Waals surface area contributed by atoms with Crippen LogP contribution >= 0.6 is 47.9 Å². The minimum absolute atomic E-state index is 0. The number of methoxy groups -OCH3 is 1. The third kappa shape index (κ3) is 5.30. The summed E-state index contributed by atoms with van der Waals surface area (Å²) in [6, 6.07) is 11.4. The Labute approximate surface area is 194 Å². The van der Waals surface area contributed by atoms with Crippen molar-refractivity contribution in [2.75, 3.05) is 40.4 Å². The zero-order chi connectivity index (χ0) is 18.8. The Hall–Kier alpha value is -0.760. The number of hydrogen-bond donors (Lipinski definition) is 0. The molecule has 0 N–H and O–H groups in total. The zero-order valence-corrected chi connectivity index (χ0v) is 20.4. The van der Waals surface area contributed by atoms with Gasteiger partial charge in [-0.2, -0.15) is 0 Å². The van der Waals surface area contributed by atoms with Crippen molar-refractivity contribution in [3.63, 3.8) is 0 Å². The first-order valence-electron chi connectivity index (χ1n) is 9.62. The zero-order valence-electron chi connectivity index (χ0n) is 17.1. The fraction of sp³-hybridized carbons (Fsp3) is 0.476. The van der Waals surface area contributed by atoms with Gasteiger partial charge >= 0.3 is 0 Å². The van der Waals surface area contributed by atoms with Crippen LogP contribution in [-0.2, 0) is 11.2 Å². The highest BCUT2D eigenvalue weighted by atomic mass is 35.5. The number of piperazine rings is 1. The van der Waals surface area contributed by atoms with E-state index in [4.69, 9.17) is 9.73 Å². The molecule has 2 aliphatic rings. The fourth-order valence-corrected chi connectivity index (χ4v) is 6.09. The number of benzene rings is 1. The normalized spacial score (nSPS) is 18.7. The number of para-hydroxylation sites is 1. The van der Waals surface area contributed by atoms with E-state index in [-0.39, 0.29) is 24.8 Å². The van der Waals surface area contributed by atoms with E-state index in [1.165, 1.54) is 19.5 Å². The highest BCUT2D eigenvalue weighted by Gasteiger charge is 2.30. The van der Waals surface area contributed by atoms with Gasteiger partial charge in [0, 0.05) is 54.7 Å². The van der Waals surface area contributed by atoms with Crippen LogP contribution < -0.4 is 0 Å². The summed E-state index contributed by atoms with van der Waals surface area (Å²) in [5, 5.41) is 0. The Morgan fingerprint density at radius 2 is 2.00 bits per heavy atom. The highest BCUT2D eigenvalue weighted by molar-refractivity contribution is 8.01. The molecule has 1 saturated heterocycles. The molecule has 2 aromatic rings. The number of ether oxygens (including phenoxy) is 1. The maximum atomic E-state index is 5.34. The van der Waals surface area contributed by atoms with Crippen molar-refractivity contribution < 1.29 is 4.74 Å². The molecule has 1 fully saturated rings. The van der Waals surface area contributed by atoms with Crippen molar-refractivity contribution in [3.8, 4) is 0 Å². The van der Waals surface area contributed by atoms with E-state index in [0.717, 1.165) is 50.6 Å². The van der Waals surface area contributed by atoms with E-state index in [2.05, 4.69) is 54.1 Å². The van der Waals surface area contributed by atoms with E-state index in [1.807, 2.05) is 23.1 Å². The first kappa shape index (κ1) is 24.5. The standard InChI is InChI=1S/C21H27N3OS2.2ClH/c1-4-16-13-17-20(24-11-10-23(2)15(14-24)9-12-25-3)22-18-7-5-6-8-19(18)27-21(17)26-16;;/h5-8,13,15H,4,9-12,14H2,1-3H3;2*1H/t15-;;/m0../s1. The molecule has 2 aliphatic heterocycles. The molecule has 0 spiro atoms. The van der Waals surface area contributed by atoms with Gasteiger partial charge in [0.25, 0.3) is 0 Å². The van der Waals surface area contributed by atoms with Crippen molar-refractivity contribution in [3.05, 3.63) is 40.8 Å². The van der Waals surface area contributed by atoms with Crippen LogP contribution in [0.25, 0.3) is 0 Å². The van der Waals surface area contributed by atoms with E-state index in [0.29, 0.717) is 6.04 Å². The quantitative estimate of drug-likeness (QED) is 0.597. The first-order chi connectivity index (χ1) is 13.2. The average molecular weight is 475 g/mol. The number of halogens is 2. The predicted molar refractivity (Wildman–Crippen MR) is 129 cm³/mol. The molecule has 8 heteroatoms. The number of fused-ring (bicyclic) bond motifs is 2. The van der Waals surface area contributed by atoms with Crippen LogP contribution in [0, 0.1) is 0 Å². The monoisotopic (exact) mass is 473 g/mol. The molecule has 1 aromatic carbocycles. The highest BCUT2D eigenvalue weighted by Crippen LogP contribution is 2.44. The average Bonchev–Trinajstić information content (AvgIpc) is 3.02. The number of rotatable bonds is 4. The lowest BCUT2D eigenvalue weighted by Crippen LogP contribution is -2.53. The summed E-state index contributed by atoms with van der Waals surface area (Å²) >= 11 is 3.79. The Bertz CT molecular complexity index is 843. The lowest BCUT2D eigenvalue weighted by molar-refractivity contribution is 0.100. The predicted octanol–water partition coefficient (Wildman–Crippen LogP) is 5.35. The van der Waals surface area contributed by atoms with Gasteiger partial charge in [0.1, 0.15) is 5.84 Å². The third-order valence-electron chi connectivity index (χ3n) is 5.36. The molecule has 3 heterocycles. The van der Waals surface area contributed by atoms with Gasteiger partial charge in [0.05, 0.1) is 9.90 Å². The van der Waals surface area contributed by atoms with Gasteiger partial charge in [-0.1, -0.05) is 30.8 Å². The summed E-state index contributed by atoms with van der Waals surface area (Å²) in [5.74, 6) is 1.15. The van der Waals surface area contributed by atoms with Crippen LogP contribution in [0.1, 0.15) is 23.8 Å².